The summed E-state index contributed by atoms with van der Waals surface area (Å²) in [4.78, 5) is 17.8. The quantitative estimate of drug-likeness (QED) is 0.867. The minimum atomic E-state index is -0.697. The first kappa shape index (κ1) is 13.7. The summed E-state index contributed by atoms with van der Waals surface area (Å²) >= 11 is 0. The molecule has 5 nitrogen and oxygen atoms in total. The number of rotatable bonds is 3. The molecule has 0 radical (unpaired) electrons. The van der Waals surface area contributed by atoms with Gasteiger partial charge in [0.15, 0.2) is 5.82 Å². The molecule has 1 saturated heterocycles. The lowest BCUT2D eigenvalue weighted by atomic mass is 10.1. The molecule has 1 aliphatic rings. The van der Waals surface area contributed by atoms with E-state index in [1.54, 1.807) is 4.90 Å². The van der Waals surface area contributed by atoms with Crippen molar-refractivity contribution in [2.45, 2.75) is 18.8 Å². The number of nitrogens with zero attached hydrogens (tertiary/aromatic N) is 3. The highest BCUT2D eigenvalue weighted by atomic mass is 19.1. The Morgan fingerprint density at radius 2 is 2.29 bits per heavy atom. The van der Waals surface area contributed by atoms with E-state index in [0.29, 0.717) is 18.9 Å². The molecule has 1 atom stereocenters. The smallest absolute Gasteiger partial charge is 0.227 e. The zero-order chi connectivity index (χ0) is 14.8. The lowest BCUT2D eigenvalue weighted by molar-refractivity contribution is -0.129. The van der Waals surface area contributed by atoms with Gasteiger partial charge in [-0.25, -0.2) is 8.78 Å². The third kappa shape index (κ3) is 2.91. The summed E-state index contributed by atoms with van der Waals surface area (Å²) in [6.45, 7) is 1.06. The van der Waals surface area contributed by atoms with Crippen molar-refractivity contribution in [2.24, 2.45) is 0 Å². The molecule has 7 heteroatoms. The van der Waals surface area contributed by atoms with E-state index in [0.717, 1.165) is 18.6 Å². The fourth-order valence-corrected chi connectivity index (χ4v) is 2.50. The standard InChI is InChI=1S/C14H13F2N3O2/c15-11-2-1-9(12(16)6-11)5-13(20)19-4-3-10(7-19)14-17-8-21-18-14/h1-2,6,8,10H,3-5,7H2/t10-/m1/s1. The monoisotopic (exact) mass is 293 g/mol. The third-order valence-corrected chi connectivity index (χ3v) is 3.64. The van der Waals surface area contributed by atoms with Gasteiger partial charge in [-0.3, -0.25) is 4.79 Å². The average molecular weight is 293 g/mol. The van der Waals surface area contributed by atoms with Crippen molar-refractivity contribution in [2.75, 3.05) is 13.1 Å². The lowest BCUT2D eigenvalue weighted by Gasteiger charge is -2.16. The van der Waals surface area contributed by atoms with Gasteiger partial charge in [-0.15, -0.1) is 0 Å². The molecule has 2 heterocycles. The summed E-state index contributed by atoms with van der Waals surface area (Å²) in [5.41, 5.74) is 0.199. The van der Waals surface area contributed by atoms with Crippen LogP contribution in [0.1, 0.15) is 23.7 Å². The summed E-state index contributed by atoms with van der Waals surface area (Å²) in [5, 5.41) is 3.77. The number of halogens is 2. The highest BCUT2D eigenvalue weighted by Crippen LogP contribution is 2.25. The van der Waals surface area contributed by atoms with Crippen molar-refractivity contribution < 1.29 is 18.1 Å². The predicted octanol–water partition coefficient (Wildman–Crippen LogP) is 1.91. The van der Waals surface area contributed by atoms with Crippen molar-refractivity contribution in [3.05, 3.63) is 47.6 Å². The maximum atomic E-state index is 13.6. The number of hydrogen-bond donors (Lipinski definition) is 0. The number of carbonyl (C=O) groups excluding carboxylic acids is 1. The molecule has 1 aliphatic heterocycles. The van der Waals surface area contributed by atoms with Gasteiger partial charge in [-0.2, -0.15) is 4.98 Å². The molecule has 0 spiro atoms. The number of amides is 1. The molecule has 2 aromatic rings. The summed E-state index contributed by atoms with van der Waals surface area (Å²) < 4.78 is 31.1. The van der Waals surface area contributed by atoms with Crippen molar-refractivity contribution in [1.82, 2.24) is 15.0 Å². The molecule has 1 aromatic carbocycles. The molecule has 3 rings (SSSR count). The molecule has 0 N–H and O–H groups in total. The summed E-state index contributed by atoms with van der Waals surface area (Å²) in [6.07, 6.45) is 1.93. The first-order valence-electron chi connectivity index (χ1n) is 6.61. The van der Waals surface area contributed by atoms with Crippen molar-refractivity contribution in [1.29, 1.82) is 0 Å². The number of hydrogen-bond acceptors (Lipinski definition) is 4. The van der Waals surface area contributed by atoms with Crippen LogP contribution in [-0.4, -0.2) is 34.0 Å². The van der Waals surface area contributed by atoms with Crippen molar-refractivity contribution >= 4 is 5.91 Å². The van der Waals surface area contributed by atoms with Crippen LogP contribution in [0.4, 0.5) is 8.78 Å². The lowest BCUT2D eigenvalue weighted by Crippen LogP contribution is -2.30. The second kappa shape index (κ2) is 5.59. The zero-order valence-electron chi connectivity index (χ0n) is 11.1. The van der Waals surface area contributed by atoms with E-state index in [4.69, 9.17) is 4.52 Å². The maximum absolute atomic E-state index is 13.6. The molecule has 0 unspecified atom stereocenters. The SMILES string of the molecule is O=C(Cc1ccc(F)cc1F)N1CC[C@@H](c2ncon2)C1. The second-order valence-electron chi connectivity index (χ2n) is 5.03. The number of benzene rings is 1. The van der Waals surface area contributed by atoms with E-state index in [2.05, 4.69) is 10.1 Å². The van der Waals surface area contributed by atoms with Crippen LogP contribution in [0.25, 0.3) is 0 Å². The fourth-order valence-electron chi connectivity index (χ4n) is 2.50. The van der Waals surface area contributed by atoms with E-state index >= 15 is 0 Å². The molecule has 1 amide bonds. The normalized spacial score (nSPS) is 18.2. The predicted molar refractivity (Wildman–Crippen MR) is 68.3 cm³/mol. The first-order chi connectivity index (χ1) is 10.1. The Labute approximate surface area is 119 Å². The van der Waals surface area contributed by atoms with E-state index in [9.17, 15) is 13.6 Å². The van der Waals surface area contributed by atoms with E-state index < -0.39 is 11.6 Å². The molecule has 21 heavy (non-hydrogen) atoms. The van der Waals surface area contributed by atoms with Crippen LogP contribution in [-0.2, 0) is 11.2 Å². The Morgan fingerprint density at radius 3 is 3.00 bits per heavy atom. The summed E-state index contributed by atoms with van der Waals surface area (Å²) in [5.74, 6) is -0.908. The van der Waals surface area contributed by atoms with Crippen LogP contribution in [0.5, 0.6) is 0 Å². The van der Waals surface area contributed by atoms with Gasteiger partial charge in [0.1, 0.15) is 11.6 Å². The summed E-state index contributed by atoms with van der Waals surface area (Å²) in [7, 11) is 0. The van der Waals surface area contributed by atoms with Gasteiger partial charge in [-0.05, 0) is 18.1 Å². The summed E-state index contributed by atoms with van der Waals surface area (Å²) in [6, 6.07) is 3.24. The van der Waals surface area contributed by atoms with Gasteiger partial charge < -0.3 is 9.42 Å². The molecule has 0 aliphatic carbocycles. The molecular formula is C14H13F2N3O2. The van der Waals surface area contributed by atoms with Gasteiger partial charge in [0, 0.05) is 25.1 Å². The minimum absolute atomic E-state index is 0.0470. The minimum Gasteiger partial charge on any atom is -0.343 e. The third-order valence-electron chi connectivity index (χ3n) is 3.64. The number of likely N-dealkylation sites (tertiary alicyclic amines) is 1. The number of carbonyl (C=O) groups is 1. The van der Waals surface area contributed by atoms with E-state index in [-0.39, 0.29) is 23.8 Å². The second-order valence-corrected chi connectivity index (χ2v) is 5.03. The Morgan fingerprint density at radius 1 is 1.43 bits per heavy atom. The van der Waals surface area contributed by atoms with Gasteiger partial charge in [0.2, 0.25) is 12.3 Å². The van der Waals surface area contributed by atoms with Gasteiger partial charge >= 0.3 is 0 Å². The Hall–Kier alpha value is -2.31. The van der Waals surface area contributed by atoms with E-state index in [1.165, 1.54) is 12.5 Å². The van der Waals surface area contributed by atoms with Gasteiger partial charge in [0.25, 0.3) is 0 Å². The molecule has 1 aromatic heterocycles. The molecule has 1 fully saturated rings. The number of aromatic nitrogens is 2. The zero-order valence-corrected chi connectivity index (χ0v) is 11.1. The van der Waals surface area contributed by atoms with Gasteiger partial charge in [0.05, 0.1) is 6.42 Å². The van der Waals surface area contributed by atoms with E-state index in [1.807, 2.05) is 0 Å². The highest BCUT2D eigenvalue weighted by Gasteiger charge is 2.30. The maximum Gasteiger partial charge on any atom is 0.227 e. The molecule has 0 bridgehead atoms. The van der Waals surface area contributed by atoms with Crippen LogP contribution in [0.15, 0.2) is 29.1 Å². The van der Waals surface area contributed by atoms with Crippen LogP contribution >= 0.6 is 0 Å². The fraction of sp³-hybridized carbons (Fsp3) is 0.357. The molecule has 110 valence electrons. The van der Waals surface area contributed by atoms with Crippen LogP contribution in [0, 0.1) is 11.6 Å². The Balaban J connectivity index is 1.64. The van der Waals surface area contributed by atoms with Crippen LogP contribution < -0.4 is 0 Å². The topological polar surface area (TPSA) is 59.2 Å². The van der Waals surface area contributed by atoms with Crippen molar-refractivity contribution in [3.63, 3.8) is 0 Å². The van der Waals surface area contributed by atoms with Crippen LogP contribution in [0.2, 0.25) is 0 Å². The molecular weight excluding hydrogens is 280 g/mol. The van der Waals surface area contributed by atoms with Gasteiger partial charge in [-0.1, -0.05) is 11.2 Å². The van der Waals surface area contributed by atoms with Crippen molar-refractivity contribution in [3.8, 4) is 0 Å². The first-order valence-corrected chi connectivity index (χ1v) is 6.61. The Kier molecular flexibility index (Phi) is 3.64. The molecule has 0 saturated carbocycles. The average Bonchev–Trinajstić information content (AvgIpc) is 3.10. The largest absolute Gasteiger partial charge is 0.343 e. The highest BCUT2D eigenvalue weighted by molar-refractivity contribution is 5.79. The van der Waals surface area contributed by atoms with Crippen LogP contribution in [0.3, 0.4) is 0 Å². The Bertz CT molecular complexity index is 646.